The van der Waals surface area contributed by atoms with Crippen LogP contribution in [0.2, 0.25) is 5.15 Å². The van der Waals surface area contributed by atoms with Crippen LogP contribution in [0.15, 0.2) is 6.20 Å². The van der Waals surface area contributed by atoms with Gasteiger partial charge in [0, 0.05) is 7.05 Å². The van der Waals surface area contributed by atoms with Crippen LogP contribution in [0.5, 0.6) is 5.75 Å². The Hall–Kier alpha value is -0.700. The molecule has 0 aliphatic rings. The first-order valence-corrected chi connectivity index (χ1v) is 2.85. The van der Waals surface area contributed by atoms with E-state index < -0.39 is 0 Å². The molecule has 1 aromatic heterocycles. The molecule has 0 radical (unpaired) electrons. The number of halogens is 1. The van der Waals surface area contributed by atoms with Crippen LogP contribution in [0, 0.1) is 0 Å². The third-order valence-electron chi connectivity index (χ3n) is 0.973. The third kappa shape index (κ3) is 1.16. The van der Waals surface area contributed by atoms with Gasteiger partial charge in [-0.3, -0.25) is 4.68 Å². The molecule has 0 N–H and O–H groups in total. The summed E-state index contributed by atoms with van der Waals surface area (Å²) in [5.41, 5.74) is 0. The maximum Gasteiger partial charge on any atom is 0.193 e. The highest BCUT2D eigenvalue weighted by molar-refractivity contribution is 6.30. The van der Waals surface area contributed by atoms with E-state index in [2.05, 4.69) is 5.10 Å². The Morgan fingerprint density at radius 2 is 2.44 bits per heavy atom. The van der Waals surface area contributed by atoms with Gasteiger partial charge in [0.2, 0.25) is 0 Å². The molecule has 1 heterocycles. The van der Waals surface area contributed by atoms with Gasteiger partial charge in [0.25, 0.3) is 0 Å². The second-order valence-corrected chi connectivity index (χ2v) is 2.02. The second-order valence-electron chi connectivity index (χ2n) is 1.66. The Bertz CT molecular complexity index is 209. The SMILES string of the molecule is COc1cn(C)nc1Cl. The van der Waals surface area contributed by atoms with Gasteiger partial charge in [0.05, 0.1) is 13.3 Å². The molecule has 0 aliphatic carbocycles. The van der Waals surface area contributed by atoms with Crippen molar-refractivity contribution < 1.29 is 4.74 Å². The van der Waals surface area contributed by atoms with Crippen LogP contribution < -0.4 is 4.74 Å². The summed E-state index contributed by atoms with van der Waals surface area (Å²) in [6.45, 7) is 0. The average molecular weight is 147 g/mol. The van der Waals surface area contributed by atoms with E-state index in [9.17, 15) is 0 Å². The van der Waals surface area contributed by atoms with Gasteiger partial charge < -0.3 is 4.74 Å². The Morgan fingerprint density at radius 1 is 1.78 bits per heavy atom. The molecule has 0 spiro atoms. The van der Waals surface area contributed by atoms with Crippen molar-refractivity contribution in [3.8, 4) is 5.75 Å². The Morgan fingerprint density at radius 3 is 2.67 bits per heavy atom. The highest BCUT2D eigenvalue weighted by Crippen LogP contribution is 2.19. The molecule has 3 nitrogen and oxygen atoms in total. The van der Waals surface area contributed by atoms with Gasteiger partial charge in [-0.1, -0.05) is 11.6 Å². The highest BCUT2D eigenvalue weighted by Gasteiger charge is 2.01. The van der Waals surface area contributed by atoms with E-state index >= 15 is 0 Å². The number of nitrogens with zero attached hydrogens (tertiary/aromatic N) is 2. The fraction of sp³-hybridized carbons (Fsp3) is 0.400. The molecule has 0 saturated heterocycles. The van der Waals surface area contributed by atoms with Crippen molar-refractivity contribution in [1.29, 1.82) is 0 Å². The first kappa shape index (κ1) is 6.42. The smallest absolute Gasteiger partial charge is 0.193 e. The lowest BCUT2D eigenvalue weighted by Crippen LogP contribution is -1.84. The quantitative estimate of drug-likeness (QED) is 0.593. The molecule has 1 rings (SSSR count). The van der Waals surface area contributed by atoms with Gasteiger partial charge >= 0.3 is 0 Å². The number of rotatable bonds is 1. The van der Waals surface area contributed by atoms with Crippen LogP contribution in [0.4, 0.5) is 0 Å². The van der Waals surface area contributed by atoms with Crippen LogP contribution in [0.3, 0.4) is 0 Å². The number of methoxy groups -OCH3 is 1. The highest BCUT2D eigenvalue weighted by atomic mass is 35.5. The summed E-state index contributed by atoms with van der Waals surface area (Å²) < 4.78 is 6.45. The van der Waals surface area contributed by atoms with Gasteiger partial charge in [-0.15, -0.1) is 0 Å². The summed E-state index contributed by atoms with van der Waals surface area (Å²) in [6, 6.07) is 0. The molecule has 9 heavy (non-hydrogen) atoms. The zero-order valence-electron chi connectivity index (χ0n) is 5.26. The van der Waals surface area contributed by atoms with E-state index in [1.807, 2.05) is 0 Å². The average Bonchev–Trinajstić information content (AvgIpc) is 2.10. The maximum absolute atomic E-state index is 5.59. The minimum atomic E-state index is 0.403. The minimum Gasteiger partial charge on any atom is -0.492 e. The van der Waals surface area contributed by atoms with Gasteiger partial charge in [-0.05, 0) is 0 Å². The summed E-state index contributed by atoms with van der Waals surface area (Å²) in [7, 11) is 3.34. The molecule has 4 heteroatoms. The van der Waals surface area contributed by atoms with E-state index in [-0.39, 0.29) is 0 Å². The monoisotopic (exact) mass is 146 g/mol. The molecule has 0 atom stereocenters. The van der Waals surface area contributed by atoms with Crippen molar-refractivity contribution in [3.05, 3.63) is 11.3 Å². The van der Waals surface area contributed by atoms with Crippen molar-refractivity contribution in [3.63, 3.8) is 0 Å². The molecule has 0 bridgehead atoms. The van der Waals surface area contributed by atoms with Crippen LogP contribution in [0.25, 0.3) is 0 Å². The zero-order valence-corrected chi connectivity index (χ0v) is 6.01. The summed E-state index contributed by atoms with van der Waals surface area (Å²) in [5, 5.41) is 4.24. The third-order valence-corrected chi connectivity index (χ3v) is 1.23. The Kier molecular flexibility index (Phi) is 1.62. The Balaban J connectivity index is 3.01. The molecule has 50 valence electrons. The van der Waals surface area contributed by atoms with E-state index in [1.54, 1.807) is 25.0 Å². The van der Waals surface area contributed by atoms with Crippen LogP contribution in [0.1, 0.15) is 0 Å². The molecular weight excluding hydrogens is 140 g/mol. The number of hydrogen-bond donors (Lipinski definition) is 0. The van der Waals surface area contributed by atoms with Crippen LogP contribution in [-0.2, 0) is 7.05 Å². The number of ether oxygens (including phenoxy) is 1. The van der Waals surface area contributed by atoms with Gasteiger partial charge in [0.1, 0.15) is 0 Å². The second kappa shape index (κ2) is 2.27. The molecule has 0 saturated carbocycles. The van der Waals surface area contributed by atoms with Crippen molar-refractivity contribution in [2.24, 2.45) is 7.05 Å². The number of hydrogen-bond acceptors (Lipinski definition) is 2. The number of aryl methyl sites for hydroxylation is 1. The summed E-state index contributed by atoms with van der Waals surface area (Å²) in [6.07, 6.45) is 1.71. The first-order chi connectivity index (χ1) is 4.24. The maximum atomic E-state index is 5.59. The van der Waals surface area contributed by atoms with E-state index in [1.165, 1.54) is 0 Å². The largest absolute Gasteiger partial charge is 0.492 e. The van der Waals surface area contributed by atoms with Crippen molar-refractivity contribution in [1.82, 2.24) is 9.78 Å². The number of aromatic nitrogens is 2. The molecule has 1 aromatic rings. The minimum absolute atomic E-state index is 0.403. The zero-order chi connectivity index (χ0) is 6.85. The first-order valence-electron chi connectivity index (χ1n) is 2.47. The summed E-state index contributed by atoms with van der Waals surface area (Å²) in [4.78, 5) is 0. The fourth-order valence-corrected chi connectivity index (χ4v) is 0.822. The molecular formula is C5H7ClN2O. The fourth-order valence-electron chi connectivity index (χ4n) is 0.577. The molecule has 0 aliphatic heterocycles. The van der Waals surface area contributed by atoms with E-state index in [0.717, 1.165) is 0 Å². The molecule has 0 unspecified atom stereocenters. The van der Waals surface area contributed by atoms with Gasteiger partial charge in [0.15, 0.2) is 10.9 Å². The van der Waals surface area contributed by atoms with Crippen molar-refractivity contribution in [2.45, 2.75) is 0 Å². The summed E-state index contributed by atoms with van der Waals surface area (Å²) >= 11 is 5.59. The van der Waals surface area contributed by atoms with Crippen molar-refractivity contribution >= 4 is 11.6 Å². The summed E-state index contributed by atoms with van der Waals surface area (Å²) in [5.74, 6) is 0.610. The van der Waals surface area contributed by atoms with E-state index in [0.29, 0.717) is 10.9 Å². The van der Waals surface area contributed by atoms with Gasteiger partial charge in [-0.25, -0.2) is 0 Å². The van der Waals surface area contributed by atoms with Crippen LogP contribution in [-0.4, -0.2) is 16.9 Å². The molecule has 0 fully saturated rings. The molecule has 0 amide bonds. The van der Waals surface area contributed by atoms with Crippen molar-refractivity contribution in [2.75, 3.05) is 7.11 Å². The predicted octanol–water partition coefficient (Wildman–Crippen LogP) is 1.08. The lowest BCUT2D eigenvalue weighted by Gasteiger charge is -1.89. The lowest BCUT2D eigenvalue weighted by atomic mass is 10.6. The normalized spacial score (nSPS) is 9.67. The van der Waals surface area contributed by atoms with Gasteiger partial charge in [-0.2, -0.15) is 5.10 Å². The van der Waals surface area contributed by atoms with Crippen LogP contribution >= 0.6 is 11.6 Å². The standard InChI is InChI=1S/C5H7ClN2O/c1-8-3-4(9-2)5(6)7-8/h3H,1-2H3. The predicted molar refractivity (Wildman–Crippen MR) is 34.8 cm³/mol. The topological polar surface area (TPSA) is 27.1 Å². The Labute approximate surface area is 58.2 Å². The van der Waals surface area contributed by atoms with E-state index in [4.69, 9.17) is 16.3 Å². The lowest BCUT2D eigenvalue weighted by molar-refractivity contribution is 0.414. The molecule has 0 aromatic carbocycles.